The molecule has 0 aromatic rings. The number of hydrogen-bond donors (Lipinski definition) is 0. The van der Waals surface area contributed by atoms with Gasteiger partial charge in [0.05, 0.1) is 15.3 Å². The molecule has 0 bridgehead atoms. The van der Waals surface area contributed by atoms with E-state index in [0.29, 0.717) is 0 Å². The zero-order valence-electron chi connectivity index (χ0n) is 8.09. The Morgan fingerprint density at radius 3 is 0.444 bits per heavy atom. The van der Waals surface area contributed by atoms with Gasteiger partial charge in [-0.3, -0.25) is 0 Å². The molecule has 0 fully saturated rings. The van der Waals surface area contributed by atoms with Crippen LogP contribution in [0.4, 0.5) is 0 Å². The molecule has 18 heavy (non-hydrogen) atoms. The van der Waals surface area contributed by atoms with Gasteiger partial charge in [0.25, 0.3) is 0 Å². The molecule has 0 aromatic carbocycles. The molecule has 0 aliphatic rings. The number of rotatable bonds is 0. The van der Waals surface area contributed by atoms with Crippen LogP contribution in [0.15, 0.2) is 0 Å². The van der Waals surface area contributed by atoms with Crippen LogP contribution < -0.4 is 0 Å². The summed E-state index contributed by atoms with van der Waals surface area (Å²) < 4.78 is 0. The summed E-state index contributed by atoms with van der Waals surface area (Å²) in [6.45, 7) is 0. The van der Waals surface area contributed by atoms with E-state index < -0.39 is 15.3 Å². The zero-order chi connectivity index (χ0) is 10.7. The number of hydrogen-bond acceptors (Lipinski definition) is 9. The quantitative estimate of drug-likeness (QED) is 0.280. The maximum Gasteiger partial charge on any atom is 3.00 e. The average Bonchev–Trinajstić information content (AvgIpc) is 1.54. The molecule has 0 aromatic heterocycles. The second kappa shape index (κ2) is 58.8. The molecule has 0 unspecified atom stereocenters. The maximum atomic E-state index is 8.25. The van der Waals surface area contributed by atoms with Crippen LogP contribution in [0.3, 0.4) is 0 Å². The van der Waals surface area contributed by atoms with Crippen molar-refractivity contribution in [1.29, 1.82) is 0 Å². The maximum absolute atomic E-state index is 8.25. The van der Waals surface area contributed by atoms with Crippen molar-refractivity contribution >= 4 is 25.8 Å². The third-order valence-corrected chi connectivity index (χ3v) is 0. The smallest absolute Gasteiger partial charge is 0.412 e. The molecular weight excluding hydrogens is 381 g/mol. The van der Waals surface area contributed by atoms with E-state index in [9.17, 15) is 0 Å². The van der Waals surface area contributed by atoms with Crippen LogP contribution in [-0.4, -0.2) is 68.5 Å². The summed E-state index contributed by atoms with van der Waals surface area (Å²) in [5.41, 5.74) is 0. The second-order valence-electron chi connectivity index (χ2n) is 0.671. The SMILES string of the molecule is O.O.O.O.O.O=[N+]([O-])[O-].O=[N+]([O-])[O-].O=[N+]([O-])[O-].[In+3]. The molecule has 0 aliphatic carbocycles. The first-order valence-electron chi connectivity index (χ1n) is 1.64. The van der Waals surface area contributed by atoms with Crippen LogP contribution in [-0.2, 0) is 0 Å². The molecule has 0 atom stereocenters. The molecule has 0 saturated heterocycles. The molecule has 0 aliphatic heterocycles. The van der Waals surface area contributed by atoms with Gasteiger partial charge < -0.3 is 73.3 Å². The van der Waals surface area contributed by atoms with Crippen molar-refractivity contribution in [1.82, 2.24) is 0 Å². The van der Waals surface area contributed by atoms with E-state index in [2.05, 4.69) is 0 Å². The van der Waals surface area contributed by atoms with Gasteiger partial charge in [-0.2, -0.15) is 0 Å². The van der Waals surface area contributed by atoms with Crippen molar-refractivity contribution in [3.63, 3.8) is 0 Å². The van der Waals surface area contributed by atoms with Gasteiger partial charge >= 0.3 is 25.8 Å². The molecule has 0 heterocycles. The predicted molar refractivity (Wildman–Crippen MR) is 54.9 cm³/mol. The van der Waals surface area contributed by atoms with Crippen LogP contribution in [0.2, 0.25) is 0 Å². The molecule has 0 rings (SSSR count). The van der Waals surface area contributed by atoms with Crippen molar-refractivity contribution < 1.29 is 42.6 Å². The monoisotopic (exact) mass is 391 g/mol. The molecule has 17 nitrogen and oxygen atoms in total. The first kappa shape index (κ1) is 71.8. The summed E-state index contributed by atoms with van der Waals surface area (Å²) in [7, 11) is 0. The van der Waals surface area contributed by atoms with E-state index in [0.717, 1.165) is 0 Å². The van der Waals surface area contributed by atoms with Gasteiger partial charge in [-0.1, -0.05) is 0 Å². The van der Waals surface area contributed by atoms with E-state index in [4.69, 9.17) is 46.0 Å². The van der Waals surface area contributed by atoms with E-state index in [-0.39, 0.29) is 53.2 Å². The molecular formula is H10InN3O14. The van der Waals surface area contributed by atoms with Crippen molar-refractivity contribution in [3.8, 4) is 0 Å². The molecule has 18 heteroatoms. The van der Waals surface area contributed by atoms with Gasteiger partial charge in [-0.05, 0) is 0 Å². The topological polar surface area (TPSA) is 356 Å². The standard InChI is InChI=1S/In.3NO3.5H2O/c;3*2-1(3)4;;;;;/h;;;;5*1H2/q+3;3*-1;;;;;. The summed E-state index contributed by atoms with van der Waals surface area (Å²) in [5.74, 6) is 0. The van der Waals surface area contributed by atoms with Gasteiger partial charge in [0.1, 0.15) is 0 Å². The third-order valence-electron chi connectivity index (χ3n) is 0. The first-order chi connectivity index (χ1) is 5.20. The van der Waals surface area contributed by atoms with Crippen LogP contribution >= 0.6 is 0 Å². The van der Waals surface area contributed by atoms with Crippen molar-refractivity contribution in [2.45, 2.75) is 0 Å². The Hall–Kier alpha value is -1.73. The minimum atomic E-state index is -1.75. The van der Waals surface area contributed by atoms with Crippen LogP contribution in [0.25, 0.3) is 0 Å². The van der Waals surface area contributed by atoms with E-state index >= 15 is 0 Å². The Morgan fingerprint density at radius 2 is 0.444 bits per heavy atom. The summed E-state index contributed by atoms with van der Waals surface area (Å²) >= 11 is 0. The molecule has 0 amide bonds. The second-order valence-corrected chi connectivity index (χ2v) is 0.671. The molecule has 0 saturated carbocycles. The van der Waals surface area contributed by atoms with E-state index in [1.165, 1.54) is 0 Å². The Bertz CT molecular complexity index is 115. The van der Waals surface area contributed by atoms with Crippen LogP contribution in [0.5, 0.6) is 0 Å². The predicted octanol–water partition coefficient (Wildman–Crippen LogP) is -5.22. The van der Waals surface area contributed by atoms with Crippen molar-refractivity contribution in [3.05, 3.63) is 46.0 Å². The molecule has 10 N–H and O–H groups in total. The van der Waals surface area contributed by atoms with E-state index in [1.54, 1.807) is 0 Å². The van der Waals surface area contributed by atoms with Gasteiger partial charge in [-0.15, -0.1) is 0 Å². The normalized spacial score (nSPS) is 4.00. The molecule has 0 radical (unpaired) electrons. The third kappa shape index (κ3) is 840. The van der Waals surface area contributed by atoms with Gasteiger partial charge in [0, 0.05) is 0 Å². The minimum absolute atomic E-state index is 0. The van der Waals surface area contributed by atoms with Gasteiger partial charge in [-0.25, -0.2) is 0 Å². The average molecular weight is 391 g/mol. The van der Waals surface area contributed by atoms with Crippen LogP contribution in [0.1, 0.15) is 0 Å². The van der Waals surface area contributed by atoms with Gasteiger partial charge in [0.15, 0.2) is 0 Å². The van der Waals surface area contributed by atoms with Gasteiger partial charge in [0.2, 0.25) is 0 Å². The fraction of sp³-hybridized carbons (Fsp3) is 0. The summed E-state index contributed by atoms with van der Waals surface area (Å²) in [6, 6.07) is 0. The van der Waals surface area contributed by atoms with Crippen LogP contribution in [0, 0.1) is 46.0 Å². The fourth-order valence-corrected chi connectivity index (χ4v) is 0. The largest absolute Gasteiger partial charge is 3.00 e. The molecule has 112 valence electrons. The number of nitrogens with zero attached hydrogens (tertiary/aromatic N) is 3. The fourth-order valence-electron chi connectivity index (χ4n) is 0. The summed E-state index contributed by atoms with van der Waals surface area (Å²) in [4.78, 5) is 24.8. The Labute approximate surface area is 115 Å². The van der Waals surface area contributed by atoms with E-state index in [1.807, 2.05) is 0 Å². The van der Waals surface area contributed by atoms with Crippen molar-refractivity contribution in [2.24, 2.45) is 0 Å². The molecule has 0 spiro atoms. The summed E-state index contributed by atoms with van der Waals surface area (Å²) in [5, 5.41) is 44.2. The first-order valence-corrected chi connectivity index (χ1v) is 1.64. The Morgan fingerprint density at radius 1 is 0.444 bits per heavy atom. The minimum Gasteiger partial charge on any atom is -0.412 e. The Kier molecular flexibility index (Phi) is 235. The summed E-state index contributed by atoms with van der Waals surface area (Å²) in [6.07, 6.45) is 0. The van der Waals surface area contributed by atoms with Crippen molar-refractivity contribution in [2.75, 3.05) is 0 Å². The Balaban J connectivity index is -0.00000000827. The zero-order valence-corrected chi connectivity index (χ0v) is 11.4.